The van der Waals surface area contributed by atoms with Crippen molar-refractivity contribution in [2.24, 2.45) is 5.41 Å². The van der Waals surface area contributed by atoms with Crippen LogP contribution in [0.5, 0.6) is 0 Å². The second-order valence-electron chi connectivity index (χ2n) is 7.88. The third-order valence-electron chi connectivity index (χ3n) is 4.15. The van der Waals surface area contributed by atoms with E-state index in [2.05, 4.69) is 26.1 Å². The van der Waals surface area contributed by atoms with E-state index < -0.39 is 5.60 Å². The van der Waals surface area contributed by atoms with Crippen molar-refractivity contribution in [3.63, 3.8) is 0 Å². The number of aliphatic hydroxyl groups excluding tert-OH is 1. The number of hydrogen-bond acceptors (Lipinski definition) is 5. The van der Waals surface area contributed by atoms with E-state index in [-0.39, 0.29) is 68.6 Å². The van der Waals surface area contributed by atoms with Crippen LogP contribution in [-0.2, 0) is 14.3 Å². The quantitative estimate of drug-likeness (QED) is 0.245. The molecule has 0 radical (unpaired) electrons. The van der Waals surface area contributed by atoms with Crippen LogP contribution in [0.1, 0.15) is 47.0 Å². The van der Waals surface area contributed by atoms with E-state index in [9.17, 15) is 9.59 Å². The van der Waals surface area contributed by atoms with Gasteiger partial charge in [-0.05, 0) is 39.2 Å². The number of likely N-dealkylation sites (N-methyl/N-ethyl adjacent to an activating group) is 1. The van der Waals surface area contributed by atoms with Gasteiger partial charge in [-0.2, -0.15) is 0 Å². The van der Waals surface area contributed by atoms with Gasteiger partial charge in [-0.25, -0.2) is 0 Å². The van der Waals surface area contributed by atoms with E-state index in [1.165, 1.54) is 0 Å². The Morgan fingerprint density at radius 3 is 2.04 bits per heavy atom. The Bertz CT molecular complexity index is 418. The molecule has 0 aliphatic carbocycles. The van der Waals surface area contributed by atoms with Gasteiger partial charge in [0.05, 0.1) is 18.2 Å². The van der Waals surface area contributed by atoms with Crippen LogP contribution < -0.4 is 56.7 Å². The monoisotopic (exact) mass is 413 g/mol. The minimum absolute atomic E-state index is 0. The Morgan fingerprint density at radius 2 is 1.59 bits per heavy atom. The molecule has 0 atom stereocenters. The minimum atomic E-state index is -0.416. The molecule has 7 nitrogen and oxygen atoms in total. The van der Waals surface area contributed by atoms with Crippen molar-refractivity contribution in [2.75, 3.05) is 48.1 Å². The first-order valence-corrected chi connectivity index (χ1v) is 8.94. The number of carbonyl (C=O) groups excluding carboxylic acids is 2. The van der Waals surface area contributed by atoms with Crippen molar-refractivity contribution in [3.8, 4) is 0 Å². The van der Waals surface area contributed by atoms with E-state index in [0.29, 0.717) is 26.2 Å². The van der Waals surface area contributed by atoms with Crippen molar-refractivity contribution in [1.29, 1.82) is 0 Å². The Balaban J connectivity index is -0.00000185. The molecule has 0 spiro atoms. The van der Waals surface area contributed by atoms with Crippen LogP contribution in [0.2, 0.25) is 0 Å². The van der Waals surface area contributed by atoms with Crippen molar-refractivity contribution in [2.45, 2.75) is 52.6 Å². The molecule has 2 amide bonds. The molecule has 0 fully saturated rings. The first kappa shape index (κ1) is 32.0. The van der Waals surface area contributed by atoms with Crippen molar-refractivity contribution in [3.05, 3.63) is 6.92 Å². The molecule has 0 saturated carbocycles. The molecule has 0 aromatic rings. The van der Waals surface area contributed by atoms with Gasteiger partial charge in [0.2, 0.25) is 5.91 Å². The predicted molar refractivity (Wildman–Crippen MR) is 105 cm³/mol. The molecule has 0 unspecified atom stereocenters. The smallest absolute Gasteiger partial charge is 0.400 e. The first-order chi connectivity index (χ1) is 11.9. The maximum absolute atomic E-state index is 12.0. The number of rotatable bonds is 11. The number of hydrogen-bond donors (Lipinski definition) is 2. The van der Waals surface area contributed by atoms with Crippen LogP contribution in [0, 0.1) is 12.3 Å². The maximum Gasteiger partial charge on any atom is 1.00 e. The number of ether oxygens (including phenoxy) is 1. The molecule has 0 aromatic carbocycles. The molecule has 0 aromatic heterocycles. The summed E-state index contributed by atoms with van der Waals surface area (Å²) in [5.74, 6) is -0.0644. The molecular formula is C19H40KN3O4. The van der Waals surface area contributed by atoms with E-state index in [1.807, 2.05) is 20.9 Å². The van der Waals surface area contributed by atoms with Crippen molar-refractivity contribution in [1.82, 2.24) is 15.1 Å². The van der Waals surface area contributed by atoms with Gasteiger partial charge in [-0.15, -0.1) is 0 Å². The summed E-state index contributed by atoms with van der Waals surface area (Å²) in [6.45, 7) is 13.3. The molecule has 0 bridgehead atoms. The Kier molecular flexibility index (Phi) is 19.2. The molecular weight excluding hydrogens is 373 g/mol. The Hall–Kier alpha value is 0.326. The summed E-state index contributed by atoms with van der Waals surface area (Å²) in [5.41, 5.74) is -0.388. The molecule has 0 rings (SSSR count). The van der Waals surface area contributed by atoms with Gasteiger partial charge in [0.1, 0.15) is 0 Å². The molecule has 2 N–H and O–H groups in total. The SMILES string of the molecule is CO.[CH2-]C(=O)N(C)CC(C)(C)OCCC(C)(C)CCC(=O)N(C)CNC.[K+]. The van der Waals surface area contributed by atoms with Gasteiger partial charge < -0.3 is 36.7 Å². The molecule has 0 saturated heterocycles. The molecule has 0 heterocycles. The van der Waals surface area contributed by atoms with Crippen molar-refractivity contribution >= 4 is 11.8 Å². The van der Waals surface area contributed by atoms with Gasteiger partial charge >= 0.3 is 51.4 Å². The summed E-state index contributed by atoms with van der Waals surface area (Å²) in [4.78, 5) is 26.5. The van der Waals surface area contributed by atoms with Gasteiger partial charge in [0.25, 0.3) is 0 Å². The van der Waals surface area contributed by atoms with E-state index >= 15 is 0 Å². The summed E-state index contributed by atoms with van der Waals surface area (Å²) < 4.78 is 5.95. The van der Waals surface area contributed by atoms with E-state index in [4.69, 9.17) is 9.84 Å². The number of carbonyl (C=O) groups is 2. The topological polar surface area (TPSA) is 82.1 Å². The second-order valence-corrected chi connectivity index (χ2v) is 7.88. The summed E-state index contributed by atoms with van der Waals surface area (Å²) in [6, 6.07) is 0. The third-order valence-corrected chi connectivity index (χ3v) is 4.15. The van der Waals surface area contributed by atoms with E-state index in [0.717, 1.165) is 20.0 Å². The predicted octanol–water partition coefficient (Wildman–Crippen LogP) is -1.48. The third kappa shape index (κ3) is 16.9. The van der Waals surface area contributed by atoms with Crippen molar-refractivity contribution < 1.29 is 70.8 Å². The van der Waals surface area contributed by atoms with Crippen LogP contribution in [-0.4, -0.2) is 80.4 Å². The number of aliphatic hydroxyl groups is 1. The standard InChI is InChI=1S/C18H36N3O3.CH4O.K/c1-15(22)20(7)13-18(4,5)24-12-11-17(2,3)10-9-16(23)21(8)14-19-6;1-2;/h19H,1,9-14H2,2-8H3;2H,1H3;/q-1;;+1. The zero-order chi connectivity index (χ0) is 21.0. The molecule has 0 aliphatic rings. The number of nitrogens with zero attached hydrogens (tertiary/aromatic N) is 2. The molecule has 0 aliphatic heterocycles. The molecule has 8 heteroatoms. The van der Waals surface area contributed by atoms with Gasteiger partial charge in [-0.1, -0.05) is 13.8 Å². The summed E-state index contributed by atoms with van der Waals surface area (Å²) in [7, 11) is 6.35. The zero-order valence-corrected chi connectivity index (χ0v) is 22.1. The Labute approximate surface area is 209 Å². The minimum Gasteiger partial charge on any atom is -0.400 e. The largest absolute Gasteiger partial charge is 1.00 e. The number of amides is 2. The fourth-order valence-corrected chi connectivity index (χ4v) is 2.40. The van der Waals surface area contributed by atoms with Gasteiger partial charge in [-0.3, -0.25) is 4.79 Å². The second kappa shape index (κ2) is 16.2. The van der Waals surface area contributed by atoms with Crippen LogP contribution in [0.25, 0.3) is 0 Å². The van der Waals surface area contributed by atoms with Gasteiger partial charge in [0, 0.05) is 40.8 Å². The van der Waals surface area contributed by atoms with Crippen LogP contribution >= 0.6 is 0 Å². The summed E-state index contributed by atoms with van der Waals surface area (Å²) in [6.07, 6.45) is 2.22. The first-order valence-electron chi connectivity index (χ1n) is 8.94. The zero-order valence-electron chi connectivity index (χ0n) is 19.0. The fourth-order valence-electron chi connectivity index (χ4n) is 2.40. The normalized spacial score (nSPS) is 11.0. The fraction of sp³-hybridized carbons (Fsp3) is 0.842. The van der Waals surface area contributed by atoms with Crippen LogP contribution in [0.3, 0.4) is 0 Å². The Morgan fingerprint density at radius 1 is 1.07 bits per heavy atom. The van der Waals surface area contributed by atoms with Crippen LogP contribution in [0.15, 0.2) is 0 Å². The van der Waals surface area contributed by atoms with Gasteiger partial charge in [0.15, 0.2) is 0 Å². The maximum atomic E-state index is 12.0. The number of nitrogens with one attached hydrogen (secondary N) is 1. The average Bonchev–Trinajstić information content (AvgIpc) is 2.53. The molecule has 27 heavy (non-hydrogen) atoms. The summed E-state index contributed by atoms with van der Waals surface area (Å²) >= 11 is 0. The van der Waals surface area contributed by atoms with E-state index in [1.54, 1.807) is 23.9 Å². The van der Waals surface area contributed by atoms with Crippen LogP contribution in [0.4, 0.5) is 0 Å². The molecule has 156 valence electrons. The summed E-state index contributed by atoms with van der Waals surface area (Å²) in [5, 5.41) is 9.97. The average molecular weight is 414 g/mol.